The van der Waals surface area contributed by atoms with Gasteiger partial charge in [0.25, 0.3) is 0 Å². The van der Waals surface area contributed by atoms with E-state index in [1.807, 2.05) is 11.1 Å². The standard InChI is InChI=1S/C33H32N2O2/c1-4-5-6-17-35-30-16-15-26(24-11-7-22(2)8-12-24)18-28(30)33(32(35)36)21-37-31-29(33)19-27(20-34-31)25-13-9-23(3)10-14-25/h7-16,18-20H,4-6,17,21H2,1-3H3. The second kappa shape index (κ2) is 9.19. The number of anilines is 1. The minimum Gasteiger partial charge on any atom is -0.476 e. The van der Waals surface area contributed by atoms with E-state index in [1.165, 1.54) is 11.1 Å². The third-order valence-electron chi connectivity index (χ3n) is 7.85. The summed E-state index contributed by atoms with van der Waals surface area (Å²) in [5, 5.41) is 0. The first-order valence-electron chi connectivity index (χ1n) is 13.2. The SMILES string of the molecule is CCCCCN1C(=O)C2(COc3ncc(-c4ccc(C)cc4)cc32)c2cc(-c3ccc(C)cc3)ccc21. The highest BCUT2D eigenvalue weighted by Crippen LogP contribution is 2.53. The largest absolute Gasteiger partial charge is 0.476 e. The van der Waals surface area contributed by atoms with Crippen LogP contribution in [-0.4, -0.2) is 24.0 Å². The normalized spacial score (nSPS) is 17.7. The summed E-state index contributed by atoms with van der Waals surface area (Å²) in [4.78, 5) is 21.0. The van der Waals surface area contributed by atoms with E-state index in [9.17, 15) is 4.79 Å². The molecule has 3 aromatic carbocycles. The number of carbonyl (C=O) groups is 1. The van der Waals surface area contributed by atoms with E-state index >= 15 is 0 Å². The highest BCUT2D eigenvalue weighted by Gasteiger charge is 2.57. The van der Waals surface area contributed by atoms with Crippen LogP contribution in [-0.2, 0) is 10.2 Å². The van der Waals surface area contributed by atoms with Crippen molar-refractivity contribution in [3.63, 3.8) is 0 Å². The zero-order valence-electron chi connectivity index (χ0n) is 21.8. The fourth-order valence-corrected chi connectivity index (χ4v) is 5.67. The maximum atomic E-state index is 14.3. The molecule has 1 amide bonds. The number of unbranched alkanes of at least 4 members (excludes halogenated alkanes) is 2. The highest BCUT2D eigenvalue weighted by molar-refractivity contribution is 6.12. The predicted molar refractivity (Wildman–Crippen MR) is 149 cm³/mol. The first kappa shape index (κ1) is 23.5. The van der Waals surface area contributed by atoms with Gasteiger partial charge in [-0.3, -0.25) is 4.79 Å². The molecule has 0 fully saturated rings. The van der Waals surface area contributed by atoms with Crippen molar-refractivity contribution in [2.45, 2.75) is 45.4 Å². The molecule has 6 rings (SSSR count). The van der Waals surface area contributed by atoms with Crippen LogP contribution in [0.2, 0.25) is 0 Å². The summed E-state index contributed by atoms with van der Waals surface area (Å²) >= 11 is 0. The van der Waals surface area contributed by atoms with Crippen LogP contribution in [0, 0.1) is 13.8 Å². The van der Waals surface area contributed by atoms with E-state index in [-0.39, 0.29) is 12.5 Å². The third-order valence-corrected chi connectivity index (χ3v) is 7.85. The third kappa shape index (κ3) is 3.83. The van der Waals surface area contributed by atoms with Crippen molar-refractivity contribution in [1.82, 2.24) is 4.98 Å². The molecule has 0 saturated heterocycles. The second-order valence-corrected chi connectivity index (χ2v) is 10.4. The lowest BCUT2D eigenvalue weighted by atomic mass is 9.76. The lowest BCUT2D eigenvalue weighted by Crippen LogP contribution is -2.42. The minimum absolute atomic E-state index is 0.0984. The molecule has 4 nitrogen and oxygen atoms in total. The molecule has 4 aromatic rings. The molecule has 1 aromatic heterocycles. The quantitative estimate of drug-likeness (QED) is 0.269. The van der Waals surface area contributed by atoms with Gasteiger partial charge in [-0.1, -0.05) is 85.5 Å². The molecule has 1 unspecified atom stereocenters. The van der Waals surface area contributed by atoms with Crippen LogP contribution < -0.4 is 9.64 Å². The average molecular weight is 489 g/mol. The maximum absolute atomic E-state index is 14.3. The molecule has 2 aliphatic heterocycles. The number of aromatic nitrogens is 1. The molecular weight excluding hydrogens is 456 g/mol. The number of hydrogen-bond donors (Lipinski definition) is 0. The zero-order valence-corrected chi connectivity index (χ0v) is 21.8. The molecule has 1 atom stereocenters. The van der Waals surface area contributed by atoms with Gasteiger partial charge < -0.3 is 9.64 Å². The van der Waals surface area contributed by atoms with E-state index in [0.717, 1.165) is 58.3 Å². The lowest BCUT2D eigenvalue weighted by Gasteiger charge is -2.23. The summed E-state index contributed by atoms with van der Waals surface area (Å²) in [6, 6.07) is 25.6. The predicted octanol–water partition coefficient (Wildman–Crippen LogP) is 7.25. The van der Waals surface area contributed by atoms with Crippen LogP contribution in [0.15, 0.2) is 79.0 Å². The number of aryl methyl sites for hydroxylation is 2. The molecule has 1 spiro atoms. The van der Waals surface area contributed by atoms with E-state index in [0.29, 0.717) is 12.4 Å². The molecule has 37 heavy (non-hydrogen) atoms. The summed E-state index contributed by atoms with van der Waals surface area (Å²) in [6.45, 7) is 7.36. The van der Waals surface area contributed by atoms with Gasteiger partial charge in [-0.2, -0.15) is 0 Å². The summed E-state index contributed by atoms with van der Waals surface area (Å²) in [5.74, 6) is 0.660. The Balaban J connectivity index is 1.51. The Bertz CT molecular complexity index is 1470. The number of amides is 1. The van der Waals surface area contributed by atoms with Gasteiger partial charge in [-0.05, 0) is 55.2 Å². The van der Waals surface area contributed by atoms with Crippen LogP contribution in [0.5, 0.6) is 5.88 Å². The van der Waals surface area contributed by atoms with Gasteiger partial charge in [-0.25, -0.2) is 4.98 Å². The van der Waals surface area contributed by atoms with E-state index in [1.54, 1.807) is 0 Å². The Labute approximate surface area is 218 Å². The Morgan fingerprint density at radius 1 is 0.811 bits per heavy atom. The van der Waals surface area contributed by atoms with Gasteiger partial charge in [-0.15, -0.1) is 0 Å². The molecule has 0 bridgehead atoms. The van der Waals surface area contributed by atoms with Crippen LogP contribution >= 0.6 is 0 Å². The first-order valence-corrected chi connectivity index (χ1v) is 13.2. The Morgan fingerprint density at radius 2 is 1.43 bits per heavy atom. The number of fused-ring (bicyclic) bond motifs is 4. The van der Waals surface area contributed by atoms with Crippen molar-refractivity contribution in [2.75, 3.05) is 18.1 Å². The van der Waals surface area contributed by atoms with Crippen molar-refractivity contribution < 1.29 is 9.53 Å². The van der Waals surface area contributed by atoms with Crippen LogP contribution in [0.25, 0.3) is 22.3 Å². The molecule has 0 radical (unpaired) electrons. The Kier molecular flexibility index (Phi) is 5.83. The number of rotatable bonds is 6. The van der Waals surface area contributed by atoms with Gasteiger partial charge in [0, 0.05) is 35.1 Å². The molecule has 0 N–H and O–H groups in total. The molecule has 0 aliphatic carbocycles. The number of benzene rings is 3. The fraction of sp³-hybridized carbons (Fsp3) is 0.273. The molecule has 186 valence electrons. The van der Waals surface area contributed by atoms with Crippen molar-refractivity contribution in [1.29, 1.82) is 0 Å². The molecular formula is C33H32N2O2. The highest BCUT2D eigenvalue weighted by atomic mass is 16.5. The number of pyridine rings is 1. The van der Waals surface area contributed by atoms with Crippen LogP contribution in [0.4, 0.5) is 5.69 Å². The van der Waals surface area contributed by atoms with Crippen molar-refractivity contribution in [3.05, 3.63) is 101 Å². The Morgan fingerprint density at radius 3 is 2.11 bits per heavy atom. The number of carbonyl (C=O) groups excluding carboxylic acids is 1. The maximum Gasteiger partial charge on any atom is 0.245 e. The number of nitrogens with zero attached hydrogens (tertiary/aromatic N) is 2. The topological polar surface area (TPSA) is 42.4 Å². The molecule has 3 heterocycles. The molecule has 0 saturated carbocycles. The summed E-state index contributed by atoms with van der Waals surface area (Å²) < 4.78 is 6.15. The smallest absolute Gasteiger partial charge is 0.245 e. The minimum atomic E-state index is -0.884. The van der Waals surface area contributed by atoms with Crippen molar-refractivity contribution >= 4 is 11.6 Å². The number of ether oxygens (including phenoxy) is 1. The van der Waals surface area contributed by atoms with Crippen molar-refractivity contribution in [2.24, 2.45) is 0 Å². The monoisotopic (exact) mass is 488 g/mol. The fourth-order valence-electron chi connectivity index (χ4n) is 5.67. The average Bonchev–Trinajstić information content (AvgIpc) is 3.41. The van der Waals surface area contributed by atoms with Gasteiger partial charge in [0.1, 0.15) is 12.0 Å². The molecule has 4 heteroatoms. The zero-order chi connectivity index (χ0) is 25.6. The van der Waals surface area contributed by atoms with Gasteiger partial charge >= 0.3 is 0 Å². The van der Waals surface area contributed by atoms with E-state index < -0.39 is 5.41 Å². The summed E-state index contributed by atoms with van der Waals surface area (Å²) in [5.41, 5.74) is 8.78. The first-order chi connectivity index (χ1) is 18.0. The van der Waals surface area contributed by atoms with Crippen LogP contribution in [0.3, 0.4) is 0 Å². The van der Waals surface area contributed by atoms with Gasteiger partial charge in [0.2, 0.25) is 11.8 Å². The molecule has 2 aliphatic rings. The van der Waals surface area contributed by atoms with Crippen molar-refractivity contribution in [3.8, 4) is 28.1 Å². The summed E-state index contributed by atoms with van der Waals surface area (Å²) in [6.07, 6.45) is 5.04. The van der Waals surface area contributed by atoms with Gasteiger partial charge in [0.05, 0.1) is 0 Å². The Hall–Kier alpha value is -3.92. The van der Waals surface area contributed by atoms with Gasteiger partial charge in [0.15, 0.2) is 0 Å². The lowest BCUT2D eigenvalue weighted by molar-refractivity contribution is -0.122. The number of hydrogen-bond acceptors (Lipinski definition) is 3. The van der Waals surface area contributed by atoms with Crippen LogP contribution in [0.1, 0.15) is 48.4 Å². The van der Waals surface area contributed by atoms with E-state index in [2.05, 4.69) is 98.6 Å². The van der Waals surface area contributed by atoms with E-state index in [4.69, 9.17) is 4.74 Å². The second-order valence-electron chi connectivity index (χ2n) is 10.4. The summed E-state index contributed by atoms with van der Waals surface area (Å²) in [7, 11) is 0.